The van der Waals surface area contributed by atoms with Crippen LogP contribution in [0, 0.1) is 0 Å². The van der Waals surface area contributed by atoms with E-state index in [4.69, 9.17) is 17.3 Å². The van der Waals surface area contributed by atoms with Gasteiger partial charge in [0.05, 0.1) is 6.21 Å². The number of aromatic hydroxyl groups is 1. The molecule has 1 aromatic carbocycles. The highest BCUT2D eigenvalue weighted by Crippen LogP contribution is 2.19. The molecule has 0 aliphatic rings. The number of hydrogen-bond acceptors (Lipinski definition) is 3. The number of primary amides is 1. The number of halogens is 1. The predicted molar refractivity (Wildman–Crippen MR) is 53.4 cm³/mol. The number of phenols is 1. The van der Waals surface area contributed by atoms with E-state index in [0.717, 1.165) is 0 Å². The Morgan fingerprint density at radius 3 is 2.93 bits per heavy atom. The number of hydrogen-bond donors (Lipinski definition) is 3. The van der Waals surface area contributed by atoms with E-state index < -0.39 is 6.03 Å². The van der Waals surface area contributed by atoms with Crippen molar-refractivity contribution in [3.63, 3.8) is 0 Å². The summed E-state index contributed by atoms with van der Waals surface area (Å²) < 4.78 is 0. The summed E-state index contributed by atoms with van der Waals surface area (Å²) in [5.74, 6) is -0.0208. The normalized spacial score (nSPS) is 10.4. The Labute approximate surface area is 85.2 Å². The fourth-order valence-corrected chi connectivity index (χ4v) is 0.958. The largest absolute Gasteiger partial charge is 0.507 e. The van der Waals surface area contributed by atoms with Gasteiger partial charge in [-0.3, -0.25) is 0 Å². The second kappa shape index (κ2) is 4.48. The summed E-state index contributed by atoms with van der Waals surface area (Å²) in [5, 5.41) is 13.2. The monoisotopic (exact) mass is 213 g/mol. The van der Waals surface area contributed by atoms with Gasteiger partial charge in [-0.2, -0.15) is 5.10 Å². The first-order chi connectivity index (χ1) is 6.59. The van der Waals surface area contributed by atoms with Crippen LogP contribution in [0.3, 0.4) is 0 Å². The van der Waals surface area contributed by atoms with Gasteiger partial charge in [-0.25, -0.2) is 10.2 Å². The van der Waals surface area contributed by atoms with Crippen molar-refractivity contribution in [2.75, 3.05) is 0 Å². The third kappa shape index (κ3) is 2.95. The van der Waals surface area contributed by atoms with Crippen LogP contribution in [-0.2, 0) is 0 Å². The van der Waals surface area contributed by atoms with E-state index in [1.54, 1.807) is 12.1 Å². The van der Waals surface area contributed by atoms with Gasteiger partial charge in [-0.1, -0.05) is 11.6 Å². The number of carbonyl (C=O) groups is 1. The van der Waals surface area contributed by atoms with Gasteiger partial charge in [-0.05, 0) is 18.2 Å². The van der Waals surface area contributed by atoms with E-state index in [1.807, 2.05) is 5.43 Å². The zero-order chi connectivity index (χ0) is 10.6. The molecule has 0 bridgehead atoms. The van der Waals surface area contributed by atoms with Crippen molar-refractivity contribution in [3.8, 4) is 5.75 Å². The molecule has 14 heavy (non-hydrogen) atoms. The summed E-state index contributed by atoms with van der Waals surface area (Å²) in [6, 6.07) is 3.75. The SMILES string of the molecule is NC(=O)NN=Cc1ccc(Cl)cc1O. The van der Waals surface area contributed by atoms with Gasteiger partial charge in [0.1, 0.15) is 5.75 Å². The highest BCUT2D eigenvalue weighted by molar-refractivity contribution is 6.30. The molecule has 0 fully saturated rings. The number of phenolic OH excluding ortho intramolecular Hbond substituents is 1. The molecule has 5 nitrogen and oxygen atoms in total. The molecule has 0 unspecified atom stereocenters. The molecule has 0 aliphatic carbocycles. The third-order valence-corrected chi connectivity index (χ3v) is 1.61. The summed E-state index contributed by atoms with van der Waals surface area (Å²) in [5.41, 5.74) is 7.20. The van der Waals surface area contributed by atoms with Crippen molar-refractivity contribution < 1.29 is 9.90 Å². The molecule has 2 amide bonds. The Kier molecular flexibility index (Phi) is 3.30. The summed E-state index contributed by atoms with van der Waals surface area (Å²) in [6.45, 7) is 0. The van der Waals surface area contributed by atoms with Crippen LogP contribution in [0.25, 0.3) is 0 Å². The van der Waals surface area contributed by atoms with Crippen LogP contribution in [0.15, 0.2) is 23.3 Å². The second-order valence-corrected chi connectivity index (χ2v) is 2.87. The minimum atomic E-state index is -0.769. The average Bonchev–Trinajstić information content (AvgIpc) is 2.08. The summed E-state index contributed by atoms with van der Waals surface area (Å²) in [7, 11) is 0. The fourth-order valence-electron chi connectivity index (χ4n) is 0.791. The molecule has 0 saturated heterocycles. The number of rotatable bonds is 2. The summed E-state index contributed by atoms with van der Waals surface area (Å²) in [6.07, 6.45) is 1.26. The van der Waals surface area contributed by atoms with E-state index in [-0.39, 0.29) is 5.75 Å². The topological polar surface area (TPSA) is 87.7 Å². The van der Waals surface area contributed by atoms with Crippen molar-refractivity contribution in [3.05, 3.63) is 28.8 Å². The molecule has 0 atom stereocenters. The first kappa shape index (κ1) is 10.3. The van der Waals surface area contributed by atoms with Crippen molar-refractivity contribution in [1.82, 2.24) is 5.43 Å². The Hall–Kier alpha value is -1.75. The van der Waals surface area contributed by atoms with Crippen LogP contribution in [0.4, 0.5) is 4.79 Å². The maximum absolute atomic E-state index is 10.2. The molecule has 1 aromatic rings. The van der Waals surface area contributed by atoms with Gasteiger partial charge < -0.3 is 10.8 Å². The molecular formula is C8H8ClN3O2. The maximum atomic E-state index is 10.2. The molecule has 74 valence electrons. The number of nitrogens with two attached hydrogens (primary N) is 1. The third-order valence-electron chi connectivity index (χ3n) is 1.37. The molecule has 0 radical (unpaired) electrons. The van der Waals surface area contributed by atoms with Crippen molar-refractivity contribution in [2.45, 2.75) is 0 Å². The van der Waals surface area contributed by atoms with Gasteiger partial charge in [-0.15, -0.1) is 0 Å². The van der Waals surface area contributed by atoms with Crippen LogP contribution < -0.4 is 11.2 Å². The van der Waals surface area contributed by atoms with Gasteiger partial charge in [0, 0.05) is 10.6 Å². The molecule has 6 heteroatoms. The Balaban J connectivity index is 2.76. The molecule has 0 aromatic heterocycles. The van der Waals surface area contributed by atoms with Crippen molar-refractivity contribution >= 4 is 23.8 Å². The van der Waals surface area contributed by atoms with Crippen LogP contribution in [-0.4, -0.2) is 17.4 Å². The molecule has 0 aliphatic heterocycles. The minimum absolute atomic E-state index is 0.0208. The second-order valence-electron chi connectivity index (χ2n) is 2.44. The molecule has 0 saturated carbocycles. The van der Waals surface area contributed by atoms with Crippen LogP contribution >= 0.6 is 11.6 Å². The Morgan fingerprint density at radius 2 is 2.36 bits per heavy atom. The van der Waals surface area contributed by atoms with Gasteiger partial charge in [0.25, 0.3) is 0 Å². The highest BCUT2D eigenvalue weighted by atomic mass is 35.5. The average molecular weight is 214 g/mol. The van der Waals surface area contributed by atoms with E-state index in [0.29, 0.717) is 10.6 Å². The minimum Gasteiger partial charge on any atom is -0.507 e. The molecular weight excluding hydrogens is 206 g/mol. The quantitative estimate of drug-likeness (QED) is 0.507. The van der Waals surface area contributed by atoms with Crippen LogP contribution in [0.2, 0.25) is 5.02 Å². The lowest BCUT2D eigenvalue weighted by atomic mass is 10.2. The van der Waals surface area contributed by atoms with Crippen LogP contribution in [0.5, 0.6) is 5.75 Å². The number of amides is 2. The van der Waals surface area contributed by atoms with E-state index in [2.05, 4.69) is 5.10 Å². The Bertz CT molecular complexity index is 379. The number of urea groups is 1. The first-order valence-electron chi connectivity index (χ1n) is 3.66. The van der Waals surface area contributed by atoms with E-state index in [9.17, 15) is 9.90 Å². The maximum Gasteiger partial charge on any atom is 0.332 e. The lowest BCUT2D eigenvalue weighted by Crippen LogP contribution is -2.24. The van der Waals surface area contributed by atoms with Gasteiger partial charge in [0.2, 0.25) is 0 Å². The number of nitrogens with one attached hydrogen (secondary N) is 1. The number of nitrogens with zero attached hydrogens (tertiary/aromatic N) is 1. The molecule has 0 heterocycles. The lowest BCUT2D eigenvalue weighted by molar-refractivity contribution is 0.249. The van der Waals surface area contributed by atoms with Gasteiger partial charge in [0.15, 0.2) is 0 Å². The van der Waals surface area contributed by atoms with E-state index in [1.165, 1.54) is 12.3 Å². The molecule has 1 rings (SSSR count). The number of hydrazone groups is 1. The summed E-state index contributed by atoms with van der Waals surface area (Å²) in [4.78, 5) is 10.2. The Morgan fingerprint density at radius 1 is 1.64 bits per heavy atom. The highest BCUT2D eigenvalue weighted by Gasteiger charge is 1.98. The van der Waals surface area contributed by atoms with Crippen molar-refractivity contribution in [2.24, 2.45) is 10.8 Å². The smallest absolute Gasteiger partial charge is 0.332 e. The van der Waals surface area contributed by atoms with Crippen LogP contribution in [0.1, 0.15) is 5.56 Å². The lowest BCUT2D eigenvalue weighted by Gasteiger charge is -1.98. The fraction of sp³-hybridized carbons (Fsp3) is 0. The van der Waals surface area contributed by atoms with E-state index >= 15 is 0 Å². The standard InChI is InChI=1S/C8H8ClN3O2/c9-6-2-1-5(7(13)3-6)4-11-12-8(10)14/h1-4,13H,(H3,10,12,14). The predicted octanol–water partition coefficient (Wildman–Crippen LogP) is 1.05. The first-order valence-corrected chi connectivity index (χ1v) is 4.04. The molecule has 4 N–H and O–H groups in total. The zero-order valence-electron chi connectivity index (χ0n) is 7.07. The van der Waals surface area contributed by atoms with Gasteiger partial charge >= 0.3 is 6.03 Å². The van der Waals surface area contributed by atoms with Crippen molar-refractivity contribution in [1.29, 1.82) is 0 Å². The number of benzene rings is 1. The molecule has 0 spiro atoms. The zero-order valence-corrected chi connectivity index (χ0v) is 7.82. The summed E-state index contributed by atoms with van der Waals surface area (Å²) >= 11 is 5.61. The number of carbonyl (C=O) groups excluding carboxylic acids is 1.